The van der Waals surface area contributed by atoms with Crippen molar-refractivity contribution in [2.75, 3.05) is 20.6 Å². The van der Waals surface area contributed by atoms with Crippen LogP contribution in [0.5, 0.6) is 0 Å². The van der Waals surface area contributed by atoms with Crippen molar-refractivity contribution in [3.8, 4) is 0 Å². The molecular weight excluding hydrogens is 763 g/mol. The first-order chi connectivity index (χ1) is 28.2. The maximum atomic E-state index is 14.2. The van der Waals surface area contributed by atoms with Crippen LogP contribution in [0.25, 0.3) is 0 Å². The molecule has 0 aromatic heterocycles. The summed E-state index contributed by atoms with van der Waals surface area (Å²) in [6, 6.07) is 5.06. The second-order valence-electron chi connectivity index (χ2n) is 17.2. The van der Waals surface area contributed by atoms with Crippen LogP contribution in [0.3, 0.4) is 0 Å². The lowest BCUT2D eigenvalue weighted by atomic mass is 9.74. The SMILES string of the molecule is C/C=C(\C)C(CC)C(C)C1C/C=C(\C)C(=O)OC(CC(C)C)C(=O)NC(C)C(=O)N(C)C(Cc2ccccc2)C(=O)N(C)CC(=O)NC(C(C)CC)C(=O)NC(C)C(=O)C1. The highest BCUT2D eigenvalue weighted by molar-refractivity contribution is 5.96. The van der Waals surface area contributed by atoms with Gasteiger partial charge in [-0.1, -0.05) is 96.0 Å². The van der Waals surface area contributed by atoms with E-state index in [2.05, 4.69) is 42.8 Å². The average Bonchev–Trinajstić information content (AvgIpc) is 3.21. The number of allylic oxidation sites excluding steroid dienone is 3. The normalized spacial score (nSPS) is 26.9. The number of esters is 1. The summed E-state index contributed by atoms with van der Waals surface area (Å²) in [5.41, 5.74) is 2.23. The van der Waals surface area contributed by atoms with Gasteiger partial charge in [0.25, 0.3) is 5.91 Å². The van der Waals surface area contributed by atoms with E-state index in [0.29, 0.717) is 12.8 Å². The molecule has 0 aliphatic carbocycles. The average molecular weight is 836 g/mol. The van der Waals surface area contributed by atoms with Gasteiger partial charge in [0, 0.05) is 32.5 Å². The molecule has 334 valence electrons. The Hall–Kier alpha value is -4.81. The lowest BCUT2D eigenvalue weighted by Gasteiger charge is -2.33. The zero-order chi connectivity index (χ0) is 45.4. The number of benzene rings is 1. The minimum absolute atomic E-state index is 0.0208. The van der Waals surface area contributed by atoms with Crippen molar-refractivity contribution in [1.29, 1.82) is 0 Å². The van der Waals surface area contributed by atoms with Crippen LogP contribution in [0.1, 0.15) is 114 Å². The van der Waals surface area contributed by atoms with E-state index in [-0.39, 0.29) is 60.2 Å². The van der Waals surface area contributed by atoms with Crippen LogP contribution in [0, 0.1) is 29.6 Å². The van der Waals surface area contributed by atoms with Gasteiger partial charge in [0.05, 0.1) is 12.6 Å². The van der Waals surface area contributed by atoms with Gasteiger partial charge in [-0.05, 0) is 89.0 Å². The summed E-state index contributed by atoms with van der Waals surface area (Å²) in [7, 11) is 2.92. The number of ether oxygens (including phenoxy) is 1. The number of carbonyl (C=O) groups excluding carboxylic acids is 7. The number of ketones is 1. The Labute approximate surface area is 358 Å². The number of hydrogen-bond donors (Lipinski definition) is 3. The Bertz CT molecular complexity index is 1710. The first-order valence-corrected chi connectivity index (χ1v) is 21.7. The third-order valence-corrected chi connectivity index (χ3v) is 12.1. The molecule has 0 bridgehead atoms. The number of hydrogen-bond acceptors (Lipinski definition) is 8. The first kappa shape index (κ1) is 51.3. The van der Waals surface area contributed by atoms with Crippen LogP contribution in [0.2, 0.25) is 0 Å². The fourth-order valence-electron chi connectivity index (χ4n) is 7.75. The summed E-state index contributed by atoms with van der Waals surface area (Å²) in [5, 5.41) is 8.36. The molecule has 13 nitrogen and oxygen atoms in total. The molecule has 1 aliphatic heterocycles. The summed E-state index contributed by atoms with van der Waals surface area (Å²) in [4.78, 5) is 99.3. The monoisotopic (exact) mass is 836 g/mol. The van der Waals surface area contributed by atoms with Crippen molar-refractivity contribution in [3.63, 3.8) is 0 Å². The largest absolute Gasteiger partial charge is 0.449 e. The van der Waals surface area contributed by atoms with Gasteiger partial charge in [0.15, 0.2) is 11.9 Å². The van der Waals surface area contributed by atoms with Crippen molar-refractivity contribution in [1.82, 2.24) is 25.8 Å². The van der Waals surface area contributed by atoms with Gasteiger partial charge in [0.2, 0.25) is 23.6 Å². The van der Waals surface area contributed by atoms with Crippen molar-refractivity contribution in [2.24, 2.45) is 29.6 Å². The van der Waals surface area contributed by atoms with Crippen molar-refractivity contribution < 1.29 is 38.3 Å². The molecule has 1 aliphatic rings. The molecule has 0 saturated carbocycles. The van der Waals surface area contributed by atoms with Gasteiger partial charge in [-0.25, -0.2) is 4.79 Å². The van der Waals surface area contributed by atoms with E-state index in [4.69, 9.17) is 4.74 Å². The standard InChI is InChI=1S/C47H73N5O8/c1-14-29(6)37(16-3)32(9)36-23-22-31(8)47(59)60-40(24-28(4)5)43(55)49-34(11)45(57)52(13)38(25-35-20-18-17-19-21-35)46(58)51(12)27-41(54)50-42(30(7)15-2)44(56)48-33(10)39(53)26-36/h14,17-22,28,30,32-34,36-38,40,42H,15-16,23-27H2,1-13H3,(H,48,56)(H,49,55)(H,50,54)/b29-14+,31-22+. The second kappa shape index (κ2) is 24.4. The number of likely N-dealkylation sites (N-methyl/N-ethyl adjacent to an activating group) is 2. The van der Waals surface area contributed by atoms with Gasteiger partial charge >= 0.3 is 5.97 Å². The van der Waals surface area contributed by atoms with E-state index < -0.39 is 72.3 Å². The Morgan fingerprint density at radius 1 is 0.867 bits per heavy atom. The van der Waals surface area contributed by atoms with E-state index in [1.807, 2.05) is 65.0 Å². The number of carbonyl (C=O) groups is 7. The minimum atomic E-state index is -1.21. The van der Waals surface area contributed by atoms with Gasteiger partial charge in [-0.15, -0.1) is 0 Å². The van der Waals surface area contributed by atoms with E-state index in [1.54, 1.807) is 19.9 Å². The lowest BCUT2D eigenvalue weighted by Crippen LogP contribution is -2.57. The van der Waals surface area contributed by atoms with Gasteiger partial charge in [-0.3, -0.25) is 28.8 Å². The maximum absolute atomic E-state index is 14.2. The molecule has 13 heteroatoms. The Morgan fingerprint density at radius 3 is 2.05 bits per heavy atom. The number of nitrogens with zero attached hydrogens (tertiary/aromatic N) is 2. The molecule has 9 atom stereocenters. The van der Waals surface area contributed by atoms with Gasteiger partial charge in [-0.2, -0.15) is 0 Å². The number of amides is 5. The highest BCUT2D eigenvalue weighted by Gasteiger charge is 2.36. The quantitative estimate of drug-likeness (QED) is 0.203. The Morgan fingerprint density at radius 2 is 1.48 bits per heavy atom. The minimum Gasteiger partial charge on any atom is -0.449 e. The van der Waals surface area contributed by atoms with Gasteiger partial charge in [0.1, 0.15) is 18.1 Å². The molecular formula is C47H73N5O8. The van der Waals surface area contributed by atoms with E-state index in [0.717, 1.165) is 12.0 Å². The zero-order valence-electron chi connectivity index (χ0n) is 38.4. The van der Waals surface area contributed by atoms with Crippen molar-refractivity contribution >= 4 is 41.3 Å². The number of Topliss-reactive ketones (excluding diaryl/α,β-unsaturated/α-hetero) is 1. The van der Waals surface area contributed by atoms with Crippen LogP contribution in [-0.4, -0.2) is 102 Å². The first-order valence-electron chi connectivity index (χ1n) is 21.7. The van der Waals surface area contributed by atoms with Crippen LogP contribution >= 0.6 is 0 Å². The van der Waals surface area contributed by atoms with E-state index in [9.17, 15) is 33.6 Å². The summed E-state index contributed by atoms with van der Waals surface area (Å²) in [6.45, 7) is 20.1. The molecule has 0 radical (unpaired) electrons. The predicted molar refractivity (Wildman–Crippen MR) is 234 cm³/mol. The number of nitrogens with one attached hydrogen (secondary N) is 3. The molecule has 1 heterocycles. The molecule has 2 rings (SSSR count). The lowest BCUT2D eigenvalue weighted by molar-refractivity contribution is -0.154. The molecule has 60 heavy (non-hydrogen) atoms. The molecule has 0 spiro atoms. The summed E-state index contributed by atoms with van der Waals surface area (Å²) in [6.07, 6.45) is 4.79. The maximum Gasteiger partial charge on any atom is 0.334 e. The molecule has 1 aromatic rings. The Kier molecular flexibility index (Phi) is 20.9. The Balaban J connectivity index is 2.67. The number of rotatable bonds is 10. The van der Waals surface area contributed by atoms with Gasteiger partial charge < -0.3 is 30.5 Å². The zero-order valence-corrected chi connectivity index (χ0v) is 38.4. The highest BCUT2D eigenvalue weighted by atomic mass is 16.5. The van der Waals surface area contributed by atoms with Crippen LogP contribution < -0.4 is 16.0 Å². The third-order valence-electron chi connectivity index (χ3n) is 12.1. The topological polar surface area (TPSA) is 171 Å². The smallest absolute Gasteiger partial charge is 0.334 e. The van der Waals surface area contributed by atoms with E-state index in [1.165, 1.54) is 36.4 Å². The fraction of sp³-hybridized carbons (Fsp3) is 0.638. The molecule has 0 saturated heterocycles. The van der Waals surface area contributed by atoms with Crippen LogP contribution in [-0.2, 0) is 44.7 Å². The molecule has 3 N–H and O–H groups in total. The fourth-order valence-corrected chi connectivity index (χ4v) is 7.75. The molecule has 1 aromatic carbocycles. The second-order valence-corrected chi connectivity index (χ2v) is 17.2. The van der Waals surface area contributed by atoms with Crippen molar-refractivity contribution in [2.45, 2.75) is 145 Å². The highest BCUT2D eigenvalue weighted by Crippen LogP contribution is 2.34. The third kappa shape index (κ3) is 15.0. The summed E-state index contributed by atoms with van der Waals surface area (Å²) in [5.74, 6) is -4.11. The predicted octanol–water partition coefficient (Wildman–Crippen LogP) is 5.57. The summed E-state index contributed by atoms with van der Waals surface area (Å²) >= 11 is 0. The molecule has 0 fully saturated rings. The number of cyclic esters (lactones) is 1. The molecule has 9 unspecified atom stereocenters. The van der Waals surface area contributed by atoms with Crippen LogP contribution in [0.4, 0.5) is 0 Å². The summed E-state index contributed by atoms with van der Waals surface area (Å²) < 4.78 is 5.82. The van der Waals surface area contributed by atoms with Crippen molar-refractivity contribution in [3.05, 3.63) is 59.2 Å². The van der Waals surface area contributed by atoms with E-state index >= 15 is 0 Å². The van der Waals surface area contributed by atoms with Crippen LogP contribution in [0.15, 0.2) is 53.6 Å². The molecule has 5 amide bonds.